The Kier molecular flexibility index (Phi) is 6.67. The van der Waals surface area contributed by atoms with Gasteiger partial charge in [-0.3, -0.25) is 4.90 Å². The van der Waals surface area contributed by atoms with Crippen molar-refractivity contribution in [1.82, 2.24) is 4.90 Å². The number of benzene rings is 1. The van der Waals surface area contributed by atoms with Gasteiger partial charge in [0, 0.05) is 12.6 Å². The maximum absolute atomic E-state index is 12.4. The lowest BCUT2D eigenvalue weighted by Gasteiger charge is -2.29. The van der Waals surface area contributed by atoms with Crippen LogP contribution in [-0.4, -0.2) is 38.3 Å². The van der Waals surface area contributed by atoms with Crippen molar-refractivity contribution in [3.63, 3.8) is 0 Å². The van der Waals surface area contributed by atoms with Crippen molar-refractivity contribution in [2.45, 2.75) is 26.5 Å². The molecule has 1 aromatic rings. The molecular weight excluding hydrogens is 266 g/mol. The first-order valence-corrected chi connectivity index (χ1v) is 6.64. The van der Waals surface area contributed by atoms with E-state index in [1.165, 1.54) is 7.11 Å². The minimum atomic E-state index is -2.89. The predicted molar refractivity (Wildman–Crippen MR) is 74.3 cm³/mol. The van der Waals surface area contributed by atoms with Crippen LogP contribution < -0.4 is 15.2 Å². The maximum Gasteiger partial charge on any atom is 0.387 e. The number of rotatable bonds is 8. The van der Waals surface area contributed by atoms with E-state index < -0.39 is 6.61 Å². The van der Waals surface area contributed by atoms with Crippen molar-refractivity contribution in [1.29, 1.82) is 0 Å². The number of alkyl halides is 2. The van der Waals surface area contributed by atoms with Gasteiger partial charge in [-0.1, -0.05) is 19.9 Å². The molecule has 2 N–H and O–H groups in total. The number of likely N-dealkylation sites (N-methyl/N-ethyl adjacent to an activating group) is 1. The minimum Gasteiger partial charge on any atom is -0.493 e. The molecule has 0 aromatic heterocycles. The zero-order valence-corrected chi connectivity index (χ0v) is 12.1. The standard InChI is InChI=1S/C14H22F2N2O2/c1-4-18(5-2)11(9-17)10-6-7-12(19-3)13(8-10)20-14(15)16/h6-8,11,14H,4-5,9,17H2,1-3H3. The number of hydrogen-bond acceptors (Lipinski definition) is 4. The van der Waals surface area contributed by atoms with Crippen molar-refractivity contribution in [3.05, 3.63) is 23.8 Å². The van der Waals surface area contributed by atoms with E-state index in [9.17, 15) is 8.78 Å². The molecule has 0 radical (unpaired) electrons. The Morgan fingerprint density at radius 1 is 1.20 bits per heavy atom. The quantitative estimate of drug-likeness (QED) is 0.799. The smallest absolute Gasteiger partial charge is 0.387 e. The van der Waals surface area contributed by atoms with Gasteiger partial charge >= 0.3 is 6.61 Å². The van der Waals surface area contributed by atoms with Crippen LogP contribution in [0.5, 0.6) is 11.5 Å². The van der Waals surface area contributed by atoms with Gasteiger partial charge in [0.2, 0.25) is 0 Å². The molecule has 0 saturated carbocycles. The Labute approximate surface area is 118 Å². The van der Waals surface area contributed by atoms with Gasteiger partial charge in [-0.2, -0.15) is 8.78 Å². The van der Waals surface area contributed by atoms with Crippen molar-refractivity contribution in [2.75, 3.05) is 26.7 Å². The lowest BCUT2D eigenvalue weighted by atomic mass is 10.0. The molecule has 1 aromatic carbocycles. The fourth-order valence-corrected chi connectivity index (χ4v) is 2.25. The summed E-state index contributed by atoms with van der Waals surface area (Å²) in [5, 5.41) is 0. The van der Waals surface area contributed by atoms with E-state index in [0.29, 0.717) is 6.54 Å². The molecule has 0 aliphatic heterocycles. The Bertz CT molecular complexity index is 412. The summed E-state index contributed by atoms with van der Waals surface area (Å²) in [6, 6.07) is 4.99. The molecule has 0 bridgehead atoms. The molecule has 1 rings (SSSR count). The second-order valence-corrected chi connectivity index (χ2v) is 4.26. The zero-order valence-electron chi connectivity index (χ0n) is 12.1. The van der Waals surface area contributed by atoms with Crippen LogP contribution in [0.4, 0.5) is 8.78 Å². The summed E-state index contributed by atoms with van der Waals surface area (Å²) in [5.74, 6) is 0.315. The summed E-state index contributed by atoms with van der Waals surface area (Å²) in [4.78, 5) is 2.16. The molecule has 20 heavy (non-hydrogen) atoms. The Balaban J connectivity index is 3.10. The van der Waals surface area contributed by atoms with Gasteiger partial charge in [-0.25, -0.2) is 0 Å². The van der Waals surface area contributed by atoms with Gasteiger partial charge in [-0.15, -0.1) is 0 Å². The van der Waals surface area contributed by atoms with E-state index in [2.05, 4.69) is 9.64 Å². The predicted octanol–water partition coefficient (Wildman–Crippen LogP) is 2.64. The fraction of sp³-hybridized carbons (Fsp3) is 0.571. The van der Waals surface area contributed by atoms with E-state index in [1.807, 2.05) is 19.9 Å². The van der Waals surface area contributed by atoms with E-state index in [1.54, 1.807) is 12.1 Å². The average Bonchev–Trinajstić information content (AvgIpc) is 2.44. The highest BCUT2D eigenvalue weighted by Crippen LogP contribution is 2.32. The van der Waals surface area contributed by atoms with Gasteiger partial charge in [0.25, 0.3) is 0 Å². The van der Waals surface area contributed by atoms with E-state index in [0.717, 1.165) is 18.7 Å². The third-order valence-electron chi connectivity index (χ3n) is 3.26. The number of nitrogens with two attached hydrogens (primary N) is 1. The molecular formula is C14H22F2N2O2. The van der Waals surface area contributed by atoms with Crippen LogP contribution >= 0.6 is 0 Å². The molecule has 0 aliphatic rings. The highest BCUT2D eigenvalue weighted by molar-refractivity contribution is 5.44. The first kappa shape index (κ1) is 16.7. The monoisotopic (exact) mass is 288 g/mol. The topological polar surface area (TPSA) is 47.7 Å². The summed E-state index contributed by atoms with van der Waals surface area (Å²) >= 11 is 0. The highest BCUT2D eigenvalue weighted by Gasteiger charge is 2.19. The van der Waals surface area contributed by atoms with Gasteiger partial charge in [-0.05, 0) is 30.8 Å². The summed E-state index contributed by atoms with van der Waals surface area (Å²) in [6.45, 7) is 3.25. The van der Waals surface area contributed by atoms with Crippen LogP contribution in [0.3, 0.4) is 0 Å². The number of methoxy groups -OCH3 is 1. The third kappa shape index (κ3) is 4.05. The summed E-state index contributed by atoms with van der Waals surface area (Å²) < 4.78 is 34.4. The minimum absolute atomic E-state index is 0.0315. The van der Waals surface area contributed by atoms with E-state index >= 15 is 0 Å². The van der Waals surface area contributed by atoms with Crippen molar-refractivity contribution in [3.8, 4) is 11.5 Å². The molecule has 0 saturated heterocycles. The normalized spacial score (nSPS) is 12.8. The number of nitrogens with zero attached hydrogens (tertiary/aromatic N) is 1. The highest BCUT2D eigenvalue weighted by atomic mass is 19.3. The first-order valence-electron chi connectivity index (χ1n) is 6.64. The first-order chi connectivity index (χ1) is 9.57. The van der Waals surface area contributed by atoms with Crippen LogP contribution in [0, 0.1) is 0 Å². The second kappa shape index (κ2) is 8.01. The number of ether oxygens (including phenoxy) is 2. The van der Waals surface area contributed by atoms with Crippen molar-refractivity contribution in [2.24, 2.45) is 5.73 Å². The molecule has 6 heteroatoms. The van der Waals surface area contributed by atoms with E-state index in [-0.39, 0.29) is 17.5 Å². The van der Waals surface area contributed by atoms with Crippen LogP contribution in [0.2, 0.25) is 0 Å². The van der Waals surface area contributed by atoms with Gasteiger partial charge in [0.15, 0.2) is 11.5 Å². The maximum atomic E-state index is 12.4. The second-order valence-electron chi connectivity index (χ2n) is 4.26. The molecule has 4 nitrogen and oxygen atoms in total. The van der Waals surface area contributed by atoms with Gasteiger partial charge in [0.1, 0.15) is 0 Å². The summed E-state index contributed by atoms with van der Waals surface area (Å²) in [6.07, 6.45) is 0. The van der Waals surface area contributed by atoms with Crippen LogP contribution in [-0.2, 0) is 0 Å². The third-order valence-corrected chi connectivity index (χ3v) is 3.26. The largest absolute Gasteiger partial charge is 0.493 e. The van der Waals surface area contributed by atoms with Crippen LogP contribution in [0.15, 0.2) is 18.2 Å². The van der Waals surface area contributed by atoms with E-state index in [4.69, 9.17) is 10.5 Å². The summed E-state index contributed by atoms with van der Waals surface area (Å²) in [7, 11) is 1.41. The molecule has 0 spiro atoms. The SMILES string of the molecule is CCN(CC)C(CN)c1ccc(OC)c(OC(F)F)c1. The molecule has 0 amide bonds. The Morgan fingerprint density at radius 2 is 1.85 bits per heavy atom. The lowest BCUT2D eigenvalue weighted by molar-refractivity contribution is -0.0513. The number of hydrogen-bond donors (Lipinski definition) is 1. The van der Waals surface area contributed by atoms with Crippen LogP contribution in [0.25, 0.3) is 0 Å². The van der Waals surface area contributed by atoms with Gasteiger partial charge < -0.3 is 15.2 Å². The van der Waals surface area contributed by atoms with Gasteiger partial charge in [0.05, 0.1) is 7.11 Å². The Morgan fingerprint density at radius 3 is 2.30 bits per heavy atom. The lowest BCUT2D eigenvalue weighted by Crippen LogP contribution is -2.33. The average molecular weight is 288 g/mol. The number of halogens is 2. The molecule has 0 heterocycles. The summed E-state index contributed by atoms with van der Waals surface area (Å²) in [5.41, 5.74) is 6.66. The Hall–Kier alpha value is -1.40. The van der Waals surface area contributed by atoms with Crippen molar-refractivity contribution < 1.29 is 18.3 Å². The molecule has 0 fully saturated rings. The molecule has 0 aliphatic carbocycles. The zero-order chi connectivity index (χ0) is 15.1. The van der Waals surface area contributed by atoms with Crippen molar-refractivity contribution >= 4 is 0 Å². The molecule has 1 unspecified atom stereocenters. The molecule has 1 atom stereocenters. The molecule has 114 valence electrons. The fourth-order valence-electron chi connectivity index (χ4n) is 2.25. The van der Waals surface area contributed by atoms with Crippen LogP contribution in [0.1, 0.15) is 25.5 Å².